The van der Waals surface area contributed by atoms with E-state index in [1.807, 2.05) is 26.0 Å². The molecule has 2 aromatic rings. The molecule has 0 saturated heterocycles. The minimum absolute atomic E-state index is 0.105. The number of halogens is 1. The minimum Gasteiger partial charge on any atom is -0.489 e. The molecule has 0 fully saturated rings. The lowest BCUT2D eigenvalue weighted by Gasteiger charge is -2.25. The number of benzene rings is 2. The third-order valence-corrected chi connectivity index (χ3v) is 4.31. The Morgan fingerprint density at radius 2 is 1.71 bits per heavy atom. The first-order valence-electron chi connectivity index (χ1n) is 10.3. The van der Waals surface area contributed by atoms with Crippen molar-refractivity contribution in [3.8, 4) is 5.75 Å². The van der Waals surface area contributed by atoms with Crippen molar-refractivity contribution < 1.29 is 23.5 Å². The van der Waals surface area contributed by atoms with Gasteiger partial charge in [0, 0.05) is 6.54 Å². The lowest BCUT2D eigenvalue weighted by atomic mass is 10.0. The zero-order chi connectivity index (χ0) is 23.0. The van der Waals surface area contributed by atoms with Crippen LogP contribution in [0, 0.1) is 11.7 Å². The Bertz CT molecular complexity index is 876. The summed E-state index contributed by atoms with van der Waals surface area (Å²) in [6, 6.07) is 12.8. The van der Waals surface area contributed by atoms with Gasteiger partial charge in [-0.15, -0.1) is 0 Å². The molecule has 31 heavy (non-hydrogen) atoms. The van der Waals surface area contributed by atoms with Crippen LogP contribution in [0.4, 0.5) is 9.18 Å². The number of carbonyl (C=O) groups is 2. The second-order valence-electron chi connectivity index (χ2n) is 8.65. The van der Waals surface area contributed by atoms with E-state index in [2.05, 4.69) is 10.6 Å². The monoisotopic (exact) mass is 430 g/mol. The van der Waals surface area contributed by atoms with Crippen LogP contribution < -0.4 is 15.4 Å². The molecule has 7 heteroatoms. The van der Waals surface area contributed by atoms with Crippen LogP contribution in [0.1, 0.15) is 45.7 Å². The van der Waals surface area contributed by atoms with Crippen LogP contribution in [-0.4, -0.2) is 23.6 Å². The van der Waals surface area contributed by atoms with E-state index in [0.29, 0.717) is 12.3 Å². The summed E-state index contributed by atoms with van der Waals surface area (Å²) < 4.78 is 24.1. The maximum Gasteiger partial charge on any atom is 0.408 e. The van der Waals surface area contributed by atoms with E-state index in [9.17, 15) is 14.0 Å². The third-order valence-electron chi connectivity index (χ3n) is 4.31. The first-order chi connectivity index (χ1) is 14.5. The maximum absolute atomic E-state index is 13.2. The fraction of sp³-hybridized carbons (Fsp3) is 0.417. The summed E-state index contributed by atoms with van der Waals surface area (Å²) in [5, 5.41) is 5.47. The van der Waals surface area contributed by atoms with Crippen LogP contribution in [0.2, 0.25) is 0 Å². The summed E-state index contributed by atoms with van der Waals surface area (Å²) in [6.45, 7) is 9.58. The smallest absolute Gasteiger partial charge is 0.408 e. The van der Waals surface area contributed by atoms with Gasteiger partial charge in [0.05, 0.1) is 0 Å². The Kier molecular flexibility index (Phi) is 8.42. The van der Waals surface area contributed by atoms with Gasteiger partial charge in [0.25, 0.3) is 0 Å². The fourth-order valence-corrected chi connectivity index (χ4v) is 2.77. The zero-order valence-corrected chi connectivity index (χ0v) is 18.7. The van der Waals surface area contributed by atoms with Gasteiger partial charge in [0.1, 0.15) is 29.8 Å². The predicted octanol–water partition coefficient (Wildman–Crippen LogP) is 4.57. The molecule has 0 aromatic heterocycles. The SMILES string of the molecule is CC(C)[C@@H](NC(=O)OC(C)(C)C)C(=O)NCc1ccc(OCc2cccc(F)c2)cc1. The van der Waals surface area contributed by atoms with E-state index < -0.39 is 17.7 Å². The van der Waals surface area contributed by atoms with Gasteiger partial charge in [-0.05, 0) is 62.1 Å². The highest BCUT2D eigenvalue weighted by molar-refractivity contribution is 5.85. The molecule has 6 nitrogen and oxygen atoms in total. The van der Waals surface area contributed by atoms with Crippen molar-refractivity contribution in [3.63, 3.8) is 0 Å². The molecule has 0 unspecified atom stereocenters. The van der Waals surface area contributed by atoms with Gasteiger partial charge in [-0.3, -0.25) is 4.79 Å². The Labute approximate surface area is 183 Å². The molecular formula is C24H31FN2O4. The van der Waals surface area contributed by atoms with E-state index >= 15 is 0 Å². The standard InChI is InChI=1S/C24H31FN2O4/c1-16(2)21(27-23(29)31-24(3,4)5)22(28)26-14-17-9-11-20(12-10-17)30-15-18-7-6-8-19(25)13-18/h6-13,16,21H,14-15H2,1-5H3,(H,26,28)(H,27,29)/t21-/m1/s1. The molecule has 0 aliphatic carbocycles. The Morgan fingerprint density at radius 1 is 1.03 bits per heavy atom. The fourth-order valence-electron chi connectivity index (χ4n) is 2.77. The van der Waals surface area contributed by atoms with Gasteiger partial charge >= 0.3 is 6.09 Å². The lowest BCUT2D eigenvalue weighted by Crippen LogP contribution is -2.50. The normalized spacial score (nSPS) is 12.2. The van der Waals surface area contributed by atoms with Crippen molar-refractivity contribution in [1.82, 2.24) is 10.6 Å². The summed E-state index contributed by atoms with van der Waals surface area (Å²) in [7, 11) is 0. The van der Waals surface area contributed by atoms with Gasteiger partial charge in [-0.1, -0.05) is 38.1 Å². The molecular weight excluding hydrogens is 399 g/mol. The molecule has 2 rings (SSSR count). The second kappa shape index (κ2) is 10.8. The second-order valence-corrected chi connectivity index (χ2v) is 8.65. The van der Waals surface area contributed by atoms with Gasteiger partial charge in [-0.25, -0.2) is 9.18 Å². The number of nitrogens with one attached hydrogen (secondary N) is 2. The minimum atomic E-state index is -0.705. The molecule has 1 atom stereocenters. The number of rotatable bonds is 8. The van der Waals surface area contributed by atoms with Crippen molar-refractivity contribution in [2.45, 2.75) is 59.4 Å². The average molecular weight is 431 g/mol. The number of alkyl carbamates (subject to hydrolysis) is 1. The van der Waals surface area contributed by atoms with Gasteiger partial charge in [0.2, 0.25) is 5.91 Å². The van der Waals surface area contributed by atoms with Crippen LogP contribution in [0.15, 0.2) is 48.5 Å². The molecule has 168 valence electrons. The van der Waals surface area contributed by atoms with Crippen molar-refractivity contribution in [2.24, 2.45) is 5.92 Å². The van der Waals surface area contributed by atoms with Crippen LogP contribution in [0.5, 0.6) is 5.75 Å². The molecule has 0 aliphatic rings. The van der Waals surface area contributed by atoms with Gasteiger partial charge < -0.3 is 20.1 Å². The Hall–Kier alpha value is -3.09. The molecule has 2 aromatic carbocycles. The zero-order valence-electron chi connectivity index (χ0n) is 18.7. The summed E-state index contributed by atoms with van der Waals surface area (Å²) in [6.07, 6.45) is -0.624. The lowest BCUT2D eigenvalue weighted by molar-refractivity contribution is -0.124. The summed E-state index contributed by atoms with van der Waals surface area (Å²) in [4.78, 5) is 24.6. The van der Waals surface area contributed by atoms with Crippen molar-refractivity contribution in [1.29, 1.82) is 0 Å². The van der Waals surface area contributed by atoms with Crippen LogP contribution in [0.3, 0.4) is 0 Å². The average Bonchev–Trinajstić information content (AvgIpc) is 2.68. The van der Waals surface area contributed by atoms with Crippen LogP contribution in [-0.2, 0) is 22.7 Å². The first-order valence-corrected chi connectivity index (χ1v) is 10.3. The number of hydrogen-bond donors (Lipinski definition) is 2. The number of amides is 2. The van der Waals surface area contributed by atoms with Gasteiger partial charge in [0.15, 0.2) is 0 Å². The molecule has 0 saturated carbocycles. The predicted molar refractivity (Wildman–Crippen MR) is 117 cm³/mol. The summed E-state index contributed by atoms with van der Waals surface area (Å²) in [5.41, 5.74) is 0.986. The molecule has 2 amide bonds. The number of carbonyl (C=O) groups excluding carboxylic acids is 2. The van der Waals surface area contributed by atoms with E-state index in [1.165, 1.54) is 12.1 Å². The quantitative estimate of drug-likeness (QED) is 0.643. The van der Waals surface area contributed by atoms with Gasteiger partial charge in [-0.2, -0.15) is 0 Å². The van der Waals surface area contributed by atoms with E-state index in [1.54, 1.807) is 45.0 Å². The molecule has 0 aliphatic heterocycles. The highest BCUT2D eigenvalue weighted by Crippen LogP contribution is 2.15. The highest BCUT2D eigenvalue weighted by atomic mass is 19.1. The number of ether oxygens (including phenoxy) is 2. The van der Waals surface area contributed by atoms with Crippen molar-refractivity contribution in [3.05, 3.63) is 65.5 Å². The highest BCUT2D eigenvalue weighted by Gasteiger charge is 2.26. The third kappa shape index (κ3) is 8.66. The first kappa shape index (κ1) is 24.2. The topological polar surface area (TPSA) is 76.7 Å². The number of hydrogen-bond acceptors (Lipinski definition) is 4. The van der Waals surface area contributed by atoms with E-state index in [4.69, 9.17) is 9.47 Å². The molecule has 0 spiro atoms. The summed E-state index contributed by atoms with van der Waals surface area (Å²) in [5.74, 6) is -0.0440. The largest absolute Gasteiger partial charge is 0.489 e. The molecule has 2 N–H and O–H groups in total. The van der Waals surface area contributed by atoms with E-state index in [-0.39, 0.29) is 24.2 Å². The van der Waals surface area contributed by atoms with Crippen LogP contribution in [0.25, 0.3) is 0 Å². The van der Waals surface area contributed by atoms with Crippen molar-refractivity contribution in [2.75, 3.05) is 0 Å². The Balaban J connectivity index is 1.86. The van der Waals surface area contributed by atoms with E-state index in [0.717, 1.165) is 11.1 Å². The molecule has 0 bridgehead atoms. The summed E-state index contributed by atoms with van der Waals surface area (Å²) >= 11 is 0. The molecule has 0 heterocycles. The Morgan fingerprint density at radius 3 is 2.29 bits per heavy atom. The maximum atomic E-state index is 13.2. The molecule has 0 radical (unpaired) electrons. The van der Waals surface area contributed by atoms with Crippen molar-refractivity contribution >= 4 is 12.0 Å². The van der Waals surface area contributed by atoms with Crippen LogP contribution >= 0.6 is 0 Å².